The number of fused-ring (bicyclic) bond motifs is 1. The van der Waals surface area contributed by atoms with Crippen molar-refractivity contribution in [2.75, 3.05) is 17.2 Å². The van der Waals surface area contributed by atoms with Gasteiger partial charge < -0.3 is 10.6 Å². The van der Waals surface area contributed by atoms with Crippen molar-refractivity contribution in [2.45, 2.75) is 19.4 Å². The van der Waals surface area contributed by atoms with Crippen molar-refractivity contribution >= 4 is 34.2 Å². The summed E-state index contributed by atoms with van der Waals surface area (Å²) >= 11 is 2.20. The third-order valence-corrected chi connectivity index (χ3v) is 4.73. The summed E-state index contributed by atoms with van der Waals surface area (Å²) in [7, 11) is 0. The molecule has 6 heteroatoms. The van der Waals surface area contributed by atoms with E-state index in [9.17, 15) is 5.26 Å². The first-order chi connectivity index (χ1) is 10.2. The van der Waals surface area contributed by atoms with Crippen molar-refractivity contribution in [3.05, 3.63) is 44.8 Å². The highest BCUT2D eigenvalue weighted by molar-refractivity contribution is 14.1. The van der Waals surface area contributed by atoms with Crippen LogP contribution in [0.5, 0.6) is 0 Å². The molecule has 2 aromatic heterocycles. The molecule has 0 aliphatic carbocycles. The van der Waals surface area contributed by atoms with E-state index in [0.29, 0.717) is 11.4 Å². The average Bonchev–Trinajstić information content (AvgIpc) is 2.52. The molecule has 0 radical (unpaired) electrons. The summed E-state index contributed by atoms with van der Waals surface area (Å²) in [6.07, 6.45) is 4.50. The third kappa shape index (κ3) is 2.65. The number of hydrogen-bond donors (Lipinski definition) is 2. The molecule has 1 aliphatic rings. The number of pyridine rings is 2. The standard InChI is InChI=1S/C15H14IN5/c1-9-11(7-17)15(20-8-12(9)16)21-13-4-6-19-14-10(13)3-2-5-18-14/h2-3,5,8,13H,4,6H2,1H3,(H,18,19)(H,20,21). The Kier molecular flexibility index (Phi) is 3.92. The fourth-order valence-electron chi connectivity index (χ4n) is 2.48. The topological polar surface area (TPSA) is 73.6 Å². The molecular formula is C15H14IN5. The average molecular weight is 391 g/mol. The van der Waals surface area contributed by atoms with E-state index < -0.39 is 0 Å². The first-order valence-corrected chi connectivity index (χ1v) is 7.79. The molecule has 106 valence electrons. The Morgan fingerprint density at radius 1 is 1.48 bits per heavy atom. The number of halogens is 1. The number of nitrogens with zero attached hydrogens (tertiary/aromatic N) is 3. The van der Waals surface area contributed by atoms with Crippen molar-refractivity contribution < 1.29 is 0 Å². The minimum absolute atomic E-state index is 0.119. The van der Waals surface area contributed by atoms with Gasteiger partial charge in [0.15, 0.2) is 0 Å². The molecule has 21 heavy (non-hydrogen) atoms. The summed E-state index contributed by atoms with van der Waals surface area (Å²) in [4.78, 5) is 8.74. The highest BCUT2D eigenvalue weighted by atomic mass is 127. The quantitative estimate of drug-likeness (QED) is 0.770. The Bertz CT molecular complexity index is 722. The molecule has 0 fully saturated rings. The number of rotatable bonds is 2. The van der Waals surface area contributed by atoms with E-state index in [0.717, 1.165) is 33.5 Å². The number of nitriles is 1. The molecule has 2 aromatic rings. The van der Waals surface area contributed by atoms with Gasteiger partial charge in [-0.15, -0.1) is 0 Å². The molecule has 0 saturated carbocycles. The maximum Gasteiger partial charge on any atom is 0.144 e. The van der Waals surface area contributed by atoms with Gasteiger partial charge in [0.1, 0.15) is 17.7 Å². The van der Waals surface area contributed by atoms with Crippen LogP contribution >= 0.6 is 22.6 Å². The Hall–Kier alpha value is -1.88. The predicted octanol–water partition coefficient (Wildman–Crippen LogP) is 3.23. The van der Waals surface area contributed by atoms with E-state index in [1.807, 2.05) is 13.0 Å². The molecule has 3 rings (SSSR count). The fourth-order valence-corrected chi connectivity index (χ4v) is 2.89. The maximum atomic E-state index is 9.39. The molecule has 0 amide bonds. The van der Waals surface area contributed by atoms with Gasteiger partial charge in [0, 0.05) is 28.1 Å². The maximum absolute atomic E-state index is 9.39. The van der Waals surface area contributed by atoms with E-state index in [1.54, 1.807) is 12.4 Å². The van der Waals surface area contributed by atoms with E-state index in [1.165, 1.54) is 0 Å². The van der Waals surface area contributed by atoms with Crippen LogP contribution in [0.15, 0.2) is 24.5 Å². The summed E-state index contributed by atoms with van der Waals surface area (Å²) in [6, 6.07) is 6.36. The molecular weight excluding hydrogens is 377 g/mol. The van der Waals surface area contributed by atoms with E-state index in [4.69, 9.17) is 0 Å². The third-order valence-electron chi connectivity index (χ3n) is 3.64. The van der Waals surface area contributed by atoms with Gasteiger partial charge in [0.25, 0.3) is 0 Å². The summed E-state index contributed by atoms with van der Waals surface area (Å²) < 4.78 is 1.00. The molecule has 5 nitrogen and oxygen atoms in total. The summed E-state index contributed by atoms with van der Waals surface area (Å²) in [6.45, 7) is 2.80. The minimum Gasteiger partial charge on any atom is -0.370 e. The van der Waals surface area contributed by atoms with Gasteiger partial charge >= 0.3 is 0 Å². The largest absolute Gasteiger partial charge is 0.370 e. The van der Waals surface area contributed by atoms with Crippen molar-refractivity contribution in [3.63, 3.8) is 0 Å². The van der Waals surface area contributed by atoms with Gasteiger partial charge in [-0.05, 0) is 47.6 Å². The summed E-state index contributed by atoms with van der Waals surface area (Å²) in [5.74, 6) is 1.55. The minimum atomic E-state index is 0.119. The van der Waals surface area contributed by atoms with Crippen LogP contribution in [-0.2, 0) is 0 Å². The molecule has 0 bridgehead atoms. The number of aromatic nitrogens is 2. The first kappa shape index (κ1) is 14.1. The predicted molar refractivity (Wildman–Crippen MR) is 90.1 cm³/mol. The van der Waals surface area contributed by atoms with Crippen molar-refractivity contribution in [1.82, 2.24) is 9.97 Å². The number of hydrogen-bond acceptors (Lipinski definition) is 5. The lowest BCUT2D eigenvalue weighted by atomic mass is 10.0. The van der Waals surface area contributed by atoms with Crippen LogP contribution in [0, 0.1) is 21.8 Å². The van der Waals surface area contributed by atoms with Crippen LogP contribution in [-0.4, -0.2) is 16.5 Å². The van der Waals surface area contributed by atoms with E-state index >= 15 is 0 Å². The summed E-state index contributed by atoms with van der Waals surface area (Å²) in [5.41, 5.74) is 2.70. The molecule has 0 saturated heterocycles. The second kappa shape index (κ2) is 5.85. The zero-order valence-corrected chi connectivity index (χ0v) is 13.7. The Morgan fingerprint density at radius 2 is 2.33 bits per heavy atom. The number of anilines is 2. The lowest BCUT2D eigenvalue weighted by Crippen LogP contribution is -2.23. The van der Waals surface area contributed by atoms with Gasteiger partial charge in [-0.2, -0.15) is 5.26 Å². The van der Waals surface area contributed by atoms with Crippen LogP contribution in [0.4, 0.5) is 11.6 Å². The van der Waals surface area contributed by atoms with Gasteiger partial charge in [0.2, 0.25) is 0 Å². The van der Waals surface area contributed by atoms with Gasteiger partial charge in [-0.1, -0.05) is 6.07 Å². The van der Waals surface area contributed by atoms with Crippen molar-refractivity contribution in [2.24, 2.45) is 0 Å². The second-order valence-electron chi connectivity index (χ2n) is 4.92. The zero-order valence-electron chi connectivity index (χ0n) is 11.5. The van der Waals surface area contributed by atoms with Crippen LogP contribution in [0.1, 0.15) is 29.2 Å². The van der Waals surface area contributed by atoms with Crippen LogP contribution < -0.4 is 10.6 Å². The zero-order chi connectivity index (χ0) is 14.8. The lowest BCUT2D eigenvalue weighted by Gasteiger charge is -2.27. The molecule has 1 unspecified atom stereocenters. The molecule has 2 N–H and O–H groups in total. The number of nitrogens with one attached hydrogen (secondary N) is 2. The van der Waals surface area contributed by atoms with Crippen molar-refractivity contribution in [1.29, 1.82) is 5.26 Å². The smallest absolute Gasteiger partial charge is 0.144 e. The van der Waals surface area contributed by atoms with Crippen LogP contribution in [0.25, 0.3) is 0 Å². The molecule has 3 heterocycles. The summed E-state index contributed by atoms with van der Waals surface area (Å²) in [5, 5.41) is 16.1. The normalized spacial score (nSPS) is 16.5. The Balaban J connectivity index is 1.96. The van der Waals surface area contributed by atoms with E-state index in [-0.39, 0.29) is 6.04 Å². The molecule has 1 atom stereocenters. The van der Waals surface area contributed by atoms with Gasteiger partial charge in [0.05, 0.1) is 11.6 Å². The van der Waals surface area contributed by atoms with Crippen molar-refractivity contribution in [3.8, 4) is 6.07 Å². The molecule has 0 spiro atoms. The van der Waals surface area contributed by atoms with Gasteiger partial charge in [-0.25, -0.2) is 9.97 Å². The first-order valence-electron chi connectivity index (χ1n) is 6.71. The van der Waals surface area contributed by atoms with Crippen LogP contribution in [0.3, 0.4) is 0 Å². The second-order valence-corrected chi connectivity index (χ2v) is 6.08. The highest BCUT2D eigenvalue weighted by Gasteiger charge is 2.22. The fraction of sp³-hybridized carbons (Fsp3) is 0.267. The van der Waals surface area contributed by atoms with E-state index in [2.05, 4.69) is 55.3 Å². The lowest BCUT2D eigenvalue weighted by molar-refractivity contribution is 0.687. The van der Waals surface area contributed by atoms with Crippen LogP contribution in [0.2, 0.25) is 0 Å². The Morgan fingerprint density at radius 3 is 3.14 bits per heavy atom. The van der Waals surface area contributed by atoms with Gasteiger partial charge in [-0.3, -0.25) is 0 Å². The monoisotopic (exact) mass is 391 g/mol. The highest BCUT2D eigenvalue weighted by Crippen LogP contribution is 2.32. The SMILES string of the molecule is Cc1c(I)cnc(NC2CCNc3ncccc32)c1C#N. The molecule has 1 aliphatic heterocycles. The Labute approximate surface area is 137 Å². The molecule has 0 aromatic carbocycles.